The van der Waals surface area contributed by atoms with Crippen LogP contribution in [0.3, 0.4) is 0 Å². The van der Waals surface area contributed by atoms with Crippen molar-refractivity contribution in [2.45, 2.75) is 60.8 Å². The van der Waals surface area contributed by atoms with E-state index in [1.807, 2.05) is 24.0 Å². The second kappa shape index (κ2) is 11.6. The molecule has 2 aliphatic rings. The van der Waals surface area contributed by atoms with E-state index in [0.717, 1.165) is 31.8 Å². The zero-order chi connectivity index (χ0) is 24.7. The Morgan fingerprint density at radius 3 is 2.26 bits per heavy atom. The Labute approximate surface area is 207 Å². The van der Waals surface area contributed by atoms with E-state index in [4.69, 9.17) is 0 Å². The summed E-state index contributed by atoms with van der Waals surface area (Å²) in [6.07, 6.45) is 16.2. The third-order valence-corrected chi connectivity index (χ3v) is 7.12. The van der Waals surface area contributed by atoms with Crippen LogP contribution >= 0.6 is 0 Å². The van der Waals surface area contributed by atoms with Gasteiger partial charge in [-0.1, -0.05) is 73.1 Å². The molecule has 1 aromatic rings. The third kappa shape index (κ3) is 7.09. The Morgan fingerprint density at radius 1 is 0.941 bits per heavy atom. The molecule has 1 heterocycles. The number of carbonyl (C=O) groups is 1. The number of rotatable bonds is 6. The van der Waals surface area contributed by atoms with Gasteiger partial charge in [-0.2, -0.15) is 0 Å². The Kier molecular flexibility index (Phi) is 8.77. The Balaban J connectivity index is 1.52. The molecular weight excluding hydrogens is 416 g/mol. The van der Waals surface area contributed by atoms with Gasteiger partial charge in [-0.15, -0.1) is 0 Å². The van der Waals surface area contributed by atoms with Gasteiger partial charge in [-0.05, 0) is 75.7 Å². The fourth-order valence-electron chi connectivity index (χ4n) is 4.91. The number of benzene rings is 1. The number of amides is 1. The number of hydrogen-bond donors (Lipinski definition) is 0. The molecule has 1 saturated heterocycles. The molecule has 0 N–H and O–H groups in total. The molecule has 0 atom stereocenters. The number of hydrogen-bond acceptors (Lipinski definition) is 2. The molecule has 34 heavy (non-hydrogen) atoms. The third-order valence-electron chi connectivity index (χ3n) is 7.12. The topological polar surface area (TPSA) is 23.6 Å². The van der Waals surface area contributed by atoms with Crippen molar-refractivity contribution in [3.63, 3.8) is 0 Å². The number of aryl methyl sites for hydroxylation is 1. The molecule has 1 amide bonds. The van der Waals surface area contributed by atoms with Gasteiger partial charge in [0.15, 0.2) is 0 Å². The molecule has 1 aromatic carbocycles. The second-order valence-electron chi connectivity index (χ2n) is 10.6. The lowest BCUT2D eigenvalue weighted by atomic mass is 9.72. The highest BCUT2D eigenvalue weighted by molar-refractivity contribution is 5.88. The summed E-state index contributed by atoms with van der Waals surface area (Å²) < 4.78 is 0. The van der Waals surface area contributed by atoms with Crippen molar-refractivity contribution < 1.29 is 4.79 Å². The smallest absolute Gasteiger partial charge is 0.246 e. The minimum Gasteiger partial charge on any atom is -0.368 e. The molecule has 0 bridgehead atoms. The Morgan fingerprint density at radius 2 is 1.62 bits per heavy atom. The van der Waals surface area contributed by atoms with Crippen LogP contribution in [-0.2, 0) is 4.79 Å². The zero-order valence-electron chi connectivity index (χ0n) is 22.0. The summed E-state index contributed by atoms with van der Waals surface area (Å²) in [6, 6.07) is 8.62. The first-order valence-electron chi connectivity index (χ1n) is 12.7. The quantitative estimate of drug-likeness (QED) is 0.333. The van der Waals surface area contributed by atoms with Crippen LogP contribution in [0, 0.1) is 12.3 Å². The molecule has 3 nitrogen and oxygen atoms in total. The number of allylic oxidation sites excluding steroid dienone is 9. The van der Waals surface area contributed by atoms with Crippen molar-refractivity contribution in [3.8, 4) is 0 Å². The van der Waals surface area contributed by atoms with E-state index in [-0.39, 0.29) is 11.3 Å². The van der Waals surface area contributed by atoms with Gasteiger partial charge in [0.25, 0.3) is 0 Å². The van der Waals surface area contributed by atoms with Gasteiger partial charge < -0.3 is 9.80 Å². The second-order valence-corrected chi connectivity index (χ2v) is 10.6. The lowest BCUT2D eigenvalue weighted by Crippen LogP contribution is -2.48. The summed E-state index contributed by atoms with van der Waals surface area (Å²) in [5, 5.41) is 0. The largest absolute Gasteiger partial charge is 0.368 e. The molecule has 1 fully saturated rings. The molecule has 1 aliphatic heterocycles. The van der Waals surface area contributed by atoms with Crippen LogP contribution < -0.4 is 4.90 Å². The molecule has 3 heteroatoms. The number of nitrogens with zero attached hydrogens (tertiary/aromatic N) is 2. The monoisotopic (exact) mass is 458 g/mol. The van der Waals surface area contributed by atoms with E-state index in [1.54, 1.807) is 6.08 Å². The SMILES string of the molecule is CC1=C(/C=C/C(C)=C/C=C/C(C)=C/C(=O)N2CCN(c3ccc(C)cc3)CC2)C(C)(C)CCC1. The maximum atomic E-state index is 12.7. The molecule has 0 aromatic heterocycles. The molecule has 0 unspecified atom stereocenters. The van der Waals surface area contributed by atoms with Crippen LogP contribution in [0.2, 0.25) is 0 Å². The van der Waals surface area contributed by atoms with Gasteiger partial charge in [-0.25, -0.2) is 0 Å². The van der Waals surface area contributed by atoms with Crippen LogP contribution in [0.5, 0.6) is 0 Å². The lowest BCUT2D eigenvalue weighted by molar-refractivity contribution is -0.126. The molecule has 0 spiro atoms. The van der Waals surface area contributed by atoms with Crippen molar-refractivity contribution in [1.29, 1.82) is 0 Å². The van der Waals surface area contributed by atoms with E-state index in [0.29, 0.717) is 0 Å². The van der Waals surface area contributed by atoms with Crippen molar-refractivity contribution in [3.05, 3.63) is 88.6 Å². The fraction of sp³-hybridized carbons (Fsp3) is 0.452. The van der Waals surface area contributed by atoms with E-state index in [1.165, 1.54) is 47.2 Å². The minimum atomic E-state index is 0.105. The zero-order valence-corrected chi connectivity index (χ0v) is 22.0. The maximum Gasteiger partial charge on any atom is 0.246 e. The van der Waals surface area contributed by atoms with Crippen molar-refractivity contribution in [2.75, 3.05) is 31.1 Å². The minimum absolute atomic E-state index is 0.105. The summed E-state index contributed by atoms with van der Waals surface area (Å²) in [4.78, 5) is 17.0. The van der Waals surface area contributed by atoms with Gasteiger partial charge >= 0.3 is 0 Å². The number of carbonyl (C=O) groups excluding carboxylic acids is 1. The standard InChI is InChI=1S/C31H42N2O/c1-24(14-17-29-27(4)11-8-18-31(29,5)6)9-7-10-26(3)23-30(34)33-21-19-32(20-22-33)28-15-12-25(2)13-16-28/h7,9-10,12-17,23H,8,11,18-22H2,1-6H3/b10-7+,17-14+,24-9+,26-23+. The molecule has 182 valence electrons. The van der Waals surface area contributed by atoms with E-state index in [9.17, 15) is 4.79 Å². The van der Waals surface area contributed by atoms with Crippen LogP contribution in [0.4, 0.5) is 5.69 Å². The first-order chi connectivity index (χ1) is 16.2. The number of piperazine rings is 1. The van der Waals surface area contributed by atoms with Crippen molar-refractivity contribution >= 4 is 11.6 Å². The van der Waals surface area contributed by atoms with E-state index in [2.05, 4.69) is 82.0 Å². The first-order valence-corrected chi connectivity index (χ1v) is 12.7. The highest BCUT2D eigenvalue weighted by Crippen LogP contribution is 2.40. The molecular formula is C31H42N2O. The molecule has 3 rings (SSSR count). The number of anilines is 1. The predicted octanol–water partition coefficient (Wildman–Crippen LogP) is 7.18. The first kappa shape index (κ1) is 25.8. The van der Waals surface area contributed by atoms with Crippen molar-refractivity contribution in [2.24, 2.45) is 5.41 Å². The van der Waals surface area contributed by atoms with Crippen LogP contribution in [0.1, 0.15) is 59.4 Å². The van der Waals surface area contributed by atoms with Crippen LogP contribution in [0.25, 0.3) is 0 Å². The predicted molar refractivity (Wildman–Crippen MR) is 146 cm³/mol. The molecule has 0 radical (unpaired) electrons. The highest BCUT2D eigenvalue weighted by Gasteiger charge is 2.26. The average molecular weight is 459 g/mol. The Bertz CT molecular complexity index is 1010. The van der Waals surface area contributed by atoms with Crippen LogP contribution in [-0.4, -0.2) is 37.0 Å². The highest BCUT2D eigenvalue weighted by atomic mass is 16.2. The molecule has 0 saturated carbocycles. The maximum absolute atomic E-state index is 12.7. The summed E-state index contributed by atoms with van der Waals surface area (Å²) in [5.74, 6) is 0.105. The Hall–Kier alpha value is -2.81. The summed E-state index contributed by atoms with van der Waals surface area (Å²) in [6.45, 7) is 16.5. The van der Waals surface area contributed by atoms with E-state index >= 15 is 0 Å². The summed E-state index contributed by atoms with van der Waals surface area (Å²) in [5.41, 5.74) is 7.97. The van der Waals surface area contributed by atoms with Crippen LogP contribution in [0.15, 0.2) is 83.0 Å². The molecule has 1 aliphatic carbocycles. The fourth-order valence-corrected chi connectivity index (χ4v) is 4.91. The van der Waals surface area contributed by atoms with E-state index < -0.39 is 0 Å². The van der Waals surface area contributed by atoms with Gasteiger partial charge in [0.1, 0.15) is 0 Å². The summed E-state index contributed by atoms with van der Waals surface area (Å²) in [7, 11) is 0. The van der Waals surface area contributed by atoms with Gasteiger partial charge in [-0.3, -0.25) is 4.79 Å². The van der Waals surface area contributed by atoms with Crippen molar-refractivity contribution in [1.82, 2.24) is 4.90 Å². The van der Waals surface area contributed by atoms with Gasteiger partial charge in [0, 0.05) is 37.9 Å². The van der Waals surface area contributed by atoms with Gasteiger partial charge in [0.05, 0.1) is 0 Å². The average Bonchev–Trinajstić information content (AvgIpc) is 2.79. The normalized spacial score (nSPS) is 20.1. The summed E-state index contributed by atoms with van der Waals surface area (Å²) >= 11 is 0. The van der Waals surface area contributed by atoms with Gasteiger partial charge in [0.2, 0.25) is 5.91 Å². The lowest BCUT2D eigenvalue weighted by Gasteiger charge is -2.35.